The Kier molecular flexibility index (Phi) is 6.81. The van der Waals surface area contributed by atoms with Gasteiger partial charge in [-0.25, -0.2) is 0 Å². The fourth-order valence-electron chi connectivity index (χ4n) is 6.97. The molecule has 5 aromatic carbocycles. The molecule has 0 atom stereocenters. The zero-order chi connectivity index (χ0) is 33.1. The van der Waals surface area contributed by atoms with Crippen molar-refractivity contribution in [1.82, 2.24) is 18.7 Å². The van der Waals surface area contributed by atoms with Crippen molar-refractivity contribution in [3.05, 3.63) is 133 Å². The van der Waals surface area contributed by atoms with Gasteiger partial charge in [0.2, 0.25) is 0 Å². The summed E-state index contributed by atoms with van der Waals surface area (Å²) in [4.78, 5) is 7.27. The van der Waals surface area contributed by atoms with Gasteiger partial charge in [-0.15, -0.1) is 0 Å². The highest BCUT2D eigenvalue weighted by Gasteiger charge is 2.21. The molecule has 3 aromatic heterocycles. The van der Waals surface area contributed by atoms with E-state index in [1.54, 1.807) is 14.2 Å². The van der Waals surface area contributed by atoms with Gasteiger partial charge in [0.15, 0.2) is 11.5 Å². The molecule has 0 aliphatic carbocycles. The van der Waals surface area contributed by atoms with Crippen LogP contribution < -0.4 is 9.47 Å². The molecule has 0 saturated heterocycles. The third-order valence-electron chi connectivity index (χ3n) is 9.41. The summed E-state index contributed by atoms with van der Waals surface area (Å²) in [5, 5.41) is 1.91. The summed E-state index contributed by atoms with van der Waals surface area (Å²) in [7, 11) is 3.43. The first-order valence-electron chi connectivity index (χ1n) is 16.0. The van der Waals surface area contributed by atoms with Crippen LogP contribution in [0.1, 0.15) is 11.1 Å². The largest absolute Gasteiger partial charge is 0.494 e. The van der Waals surface area contributed by atoms with E-state index in [0.29, 0.717) is 0 Å². The Bertz CT molecular complexity index is 2560. The maximum absolute atomic E-state index is 6.04. The van der Waals surface area contributed by atoms with E-state index in [2.05, 4.69) is 126 Å². The lowest BCUT2D eigenvalue weighted by atomic mass is 9.95. The number of nitrogens with one attached hydrogen (secondary N) is 2. The molecule has 10 aliphatic heterocycles. The van der Waals surface area contributed by atoms with Gasteiger partial charge in [-0.3, -0.25) is 0 Å². The van der Waals surface area contributed by atoms with Crippen molar-refractivity contribution in [2.24, 2.45) is 0 Å². The minimum absolute atomic E-state index is 0.774. The number of benzene rings is 5. The molecule has 0 saturated carbocycles. The van der Waals surface area contributed by atoms with Gasteiger partial charge in [0.1, 0.15) is 11.0 Å². The summed E-state index contributed by atoms with van der Waals surface area (Å²) in [6.07, 6.45) is 8.06. The Balaban J connectivity index is 1.25. The van der Waals surface area contributed by atoms with E-state index in [9.17, 15) is 0 Å². The number of aromatic amines is 2. The van der Waals surface area contributed by atoms with Gasteiger partial charge in [-0.1, -0.05) is 116 Å². The fraction of sp³-hybridized carbons (Fsp3) is 0.0476. The van der Waals surface area contributed by atoms with Gasteiger partial charge in [-0.05, 0) is 51.1 Å². The van der Waals surface area contributed by atoms with E-state index < -0.39 is 0 Å². The van der Waals surface area contributed by atoms with Crippen LogP contribution in [0.15, 0.2) is 122 Å². The van der Waals surface area contributed by atoms with Crippen molar-refractivity contribution in [1.29, 1.82) is 0 Å². The summed E-state index contributed by atoms with van der Waals surface area (Å²) < 4.78 is 21.5. The lowest BCUT2D eigenvalue weighted by molar-refractivity contribution is 0.417. The number of hydrogen-bond donors (Lipinski definition) is 2. The van der Waals surface area contributed by atoms with Crippen molar-refractivity contribution in [2.45, 2.75) is 0 Å². The van der Waals surface area contributed by atoms with Gasteiger partial charge < -0.3 is 19.4 Å². The van der Waals surface area contributed by atoms with Crippen molar-refractivity contribution in [2.75, 3.05) is 14.2 Å². The number of allylic oxidation sites excluding steroid dienone is 4. The zero-order valence-electron chi connectivity index (χ0n) is 26.9. The van der Waals surface area contributed by atoms with Crippen LogP contribution in [0.5, 0.6) is 11.5 Å². The molecule has 49 heavy (non-hydrogen) atoms. The van der Waals surface area contributed by atoms with Crippen LogP contribution in [0.4, 0.5) is 0 Å². The minimum Gasteiger partial charge on any atom is -0.494 e. The third kappa shape index (κ3) is 4.70. The molecule has 10 aliphatic rings. The number of hydrogen-bond acceptors (Lipinski definition) is 5. The monoisotopic (exact) mass is 654 g/mol. The van der Waals surface area contributed by atoms with Crippen LogP contribution in [0.3, 0.4) is 0 Å². The SMILES string of the molecule is C=C/C=C1\C=C/c2ccc(cc2)-c2cc3c(OC)c4[nH]c(cc4c(OC)c3[nH]2)-c2ccc(cc2)-c2ccc(cc2)-c2ccc1c1nsnc21. The van der Waals surface area contributed by atoms with Crippen molar-refractivity contribution < 1.29 is 9.47 Å². The van der Waals surface area contributed by atoms with E-state index >= 15 is 0 Å². The van der Waals surface area contributed by atoms with Crippen LogP contribution in [-0.2, 0) is 0 Å². The topological polar surface area (TPSA) is 75.8 Å². The van der Waals surface area contributed by atoms with Gasteiger partial charge in [0, 0.05) is 33.3 Å². The average molecular weight is 655 g/mol. The van der Waals surface area contributed by atoms with Gasteiger partial charge >= 0.3 is 0 Å². The van der Waals surface area contributed by atoms with E-state index in [0.717, 1.165) is 106 Å². The predicted octanol–water partition coefficient (Wildman–Crippen LogP) is 10.9. The standard InChI is InChI=1S/C42H30N4O2S/c1-4-5-27-9-6-24-7-10-29(11-8-24)35-22-33-39(43-35)42(48-3)34-23-36(44-40(34)41(33)47-2)30-18-14-26(15-19-30)25-12-16-28(17-13-25)32-21-20-31(27)37-38(32)46-49-45-37/h4-23,43-44H,1H2,2-3H3/b9-6-,27-5+. The maximum atomic E-state index is 6.04. The first-order valence-corrected chi connectivity index (χ1v) is 16.7. The number of nitrogens with zero attached hydrogens (tertiary/aromatic N) is 2. The summed E-state index contributed by atoms with van der Waals surface area (Å²) in [5.41, 5.74) is 15.2. The minimum atomic E-state index is 0.774. The van der Waals surface area contributed by atoms with Crippen LogP contribution >= 0.6 is 11.7 Å². The third-order valence-corrected chi connectivity index (χ3v) is 9.94. The van der Waals surface area contributed by atoms with Crippen molar-refractivity contribution >= 4 is 56.2 Å². The van der Waals surface area contributed by atoms with E-state index in [1.165, 1.54) is 11.7 Å². The second kappa shape index (κ2) is 11.5. The molecule has 0 spiro atoms. The second-order valence-corrected chi connectivity index (χ2v) is 12.6. The lowest BCUT2D eigenvalue weighted by Crippen LogP contribution is -1.90. The number of methoxy groups -OCH3 is 2. The van der Waals surface area contributed by atoms with Crippen molar-refractivity contribution in [3.8, 4) is 56.3 Å². The van der Waals surface area contributed by atoms with Crippen LogP contribution in [0, 0.1) is 0 Å². The van der Waals surface area contributed by atoms with Gasteiger partial charge in [-0.2, -0.15) is 8.75 Å². The molecule has 0 radical (unpaired) electrons. The molecule has 6 nitrogen and oxygen atoms in total. The summed E-state index contributed by atoms with van der Waals surface area (Å²) in [5.74, 6) is 1.55. The van der Waals surface area contributed by atoms with Crippen molar-refractivity contribution in [3.63, 3.8) is 0 Å². The highest BCUT2D eigenvalue weighted by molar-refractivity contribution is 7.00. The molecule has 236 valence electrons. The predicted molar refractivity (Wildman–Crippen MR) is 203 cm³/mol. The molecule has 13 heterocycles. The number of rotatable bonds is 3. The van der Waals surface area contributed by atoms with Crippen LogP contribution in [-0.4, -0.2) is 32.9 Å². The number of aromatic nitrogens is 4. The molecule has 0 unspecified atom stereocenters. The van der Waals surface area contributed by atoms with Gasteiger partial charge in [0.05, 0.1) is 37.0 Å². The second-order valence-electron chi connectivity index (χ2n) is 12.1. The molecule has 8 aromatic rings. The molecule has 0 fully saturated rings. The summed E-state index contributed by atoms with van der Waals surface area (Å²) in [6.45, 7) is 3.98. The Hall–Kier alpha value is -6.18. The van der Waals surface area contributed by atoms with E-state index in [4.69, 9.17) is 18.2 Å². The van der Waals surface area contributed by atoms with E-state index in [1.807, 2.05) is 12.2 Å². The smallest absolute Gasteiger partial charge is 0.152 e. The first kappa shape index (κ1) is 29.0. The Morgan fingerprint density at radius 3 is 1.63 bits per heavy atom. The lowest BCUT2D eigenvalue weighted by Gasteiger charge is -2.09. The van der Waals surface area contributed by atoms with Crippen LogP contribution in [0.2, 0.25) is 0 Å². The molecular weight excluding hydrogens is 625 g/mol. The highest BCUT2D eigenvalue weighted by Crippen LogP contribution is 2.45. The average Bonchev–Trinajstić information content (AvgIpc) is 3.92. The molecular formula is C42H30N4O2S. The fourth-order valence-corrected chi connectivity index (χ4v) is 7.54. The Morgan fingerprint density at radius 1 is 0.592 bits per heavy atom. The Morgan fingerprint density at radius 2 is 1.08 bits per heavy atom. The number of H-pyrrole nitrogens is 2. The van der Waals surface area contributed by atoms with Gasteiger partial charge in [0.25, 0.3) is 0 Å². The quantitative estimate of drug-likeness (QED) is 0.199. The van der Waals surface area contributed by atoms with Crippen LogP contribution in [0.25, 0.3) is 89.3 Å². The molecule has 0 amide bonds. The first-order chi connectivity index (χ1) is 24.1. The molecule has 7 heteroatoms. The molecule has 2 N–H and O–H groups in total. The summed E-state index contributed by atoms with van der Waals surface area (Å²) in [6, 6.07) is 34.3. The zero-order valence-corrected chi connectivity index (χ0v) is 27.7. The normalized spacial score (nSPS) is 13.8. The Labute approximate surface area is 287 Å². The molecule has 14 bridgehead atoms. The number of ether oxygens (including phenoxy) is 2. The summed E-state index contributed by atoms with van der Waals surface area (Å²) >= 11 is 1.24. The highest BCUT2D eigenvalue weighted by atomic mass is 32.1. The molecule has 18 rings (SSSR count). The maximum Gasteiger partial charge on any atom is 0.152 e. The van der Waals surface area contributed by atoms with E-state index in [-0.39, 0.29) is 0 Å².